The van der Waals surface area contributed by atoms with Crippen molar-refractivity contribution < 1.29 is 14.7 Å². The molecule has 0 atom stereocenters. The zero-order valence-corrected chi connectivity index (χ0v) is 13.1. The lowest BCUT2D eigenvalue weighted by Gasteiger charge is -2.17. The Kier molecular flexibility index (Phi) is 4.30. The number of carbonyl (C=O) groups is 2. The minimum atomic E-state index is -0.961. The molecule has 1 N–H and O–H groups in total. The number of aryl methyl sites for hydroxylation is 2. The van der Waals surface area contributed by atoms with Crippen molar-refractivity contribution in [3.8, 4) is 0 Å². The fourth-order valence-corrected chi connectivity index (χ4v) is 2.37. The predicted molar refractivity (Wildman–Crippen MR) is 81.9 cm³/mol. The van der Waals surface area contributed by atoms with Crippen LogP contribution >= 0.6 is 0 Å². The molecule has 0 bridgehead atoms. The summed E-state index contributed by atoms with van der Waals surface area (Å²) < 4.78 is 1.69. The van der Waals surface area contributed by atoms with Gasteiger partial charge in [-0.05, 0) is 31.5 Å². The molecule has 0 aliphatic heterocycles. The van der Waals surface area contributed by atoms with E-state index in [1.807, 2.05) is 20.9 Å². The van der Waals surface area contributed by atoms with Gasteiger partial charge in [0, 0.05) is 26.3 Å². The number of aromatic carboxylic acids is 1. The zero-order valence-electron chi connectivity index (χ0n) is 13.1. The van der Waals surface area contributed by atoms with Crippen molar-refractivity contribution in [3.05, 3.63) is 52.3 Å². The van der Waals surface area contributed by atoms with Crippen LogP contribution in [-0.2, 0) is 13.6 Å². The lowest BCUT2D eigenvalue weighted by atomic mass is 10.1. The summed E-state index contributed by atoms with van der Waals surface area (Å²) in [7, 11) is 3.53. The van der Waals surface area contributed by atoms with Crippen molar-refractivity contribution in [2.24, 2.45) is 7.05 Å². The number of hydrogen-bond acceptors (Lipinski definition) is 3. The van der Waals surface area contributed by atoms with Crippen molar-refractivity contribution in [2.45, 2.75) is 20.4 Å². The lowest BCUT2D eigenvalue weighted by Crippen LogP contribution is -2.27. The summed E-state index contributed by atoms with van der Waals surface area (Å²) in [4.78, 5) is 25.0. The summed E-state index contributed by atoms with van der Waals surface area (Å²) in [5, 5.41) is 13.1. The molecule has 0 radical (unpaired) electrons. The van der Waals surface area contributed by atoms with E-state index in [1.165, 1.54) is 12.1 Å². The molecule has 6 nitrogen and oxygen atoms in total. The van der Waals surface area contributed by atoms with Crippen LogP contribution < -0.4 is 0 Å². The minimum absolute atomic E-state index is 0.0922. The van der Waals surface area contributed by atoms with Gasteiger partial charge in [0.25, 0.3) is 5.91 Å². The molecule has 0 saturated heterocycles. The van der Waals surface area contributed by atoms with Crippen molar-refractivity contribution in [2.75, 3.05) is 7.05 Å². The number of amides is 1. The Morgan fingerprint density at radius 1 is 1.23 bits per heavy atom. The van der Waals surface area contributed by atoms with Crippen molar-refractivity contribution in [1.82, 2.24) is 14.7 Å². The van der Waals surface area contributed by atoms with Crippen LogP contribution in [0.2, 0.25) is 0 Å². The largest absolute Gasteiger partial charge is 0.478 e. The van der Waals surface area contributed by atoms with Crippen molar-refractivity contribution in [1.29, 1.82) is 0 Å². The molecule has 0 unspecified atom stereocenters. The highest BCUT2D eigenvalue weighted by Gasteiger charge is 2.20. The molecule has 0 spiro atoms. The smallest absolute Gasteiger partial charge is 0.335 e. The van der Waals surface area contributed by atoms with Gasteiger partial charge in [0.2, 0.25) is 0 Å². The highest BCUT2D eigenvalue weighted by atomic mass is 16.4. The normalized spacial score (nSPS) is 10.5. The SMILES string of the molecule is Cc1nn(C)c(C)c1C(=O)N(C)Cc1ccc(C(=O)O)cc1. The molecule has 2 rings (SSSR count). The van der Waals surface area contributed by atoms with Crippen molar-refractivity contribution in [3.63, 3.8) is 0 Å². The molecule has 1 aromatic carbocycles. The van der Waals surface area contributed by atoms with Gasteiger partial charge in [-0.15, -0.1) is 0 Å². The lowest BCUT2D eigenvalue weighted by molar-refractivity contribution is 0.0695. The van der Waals surface area contributed by atoms with E-state index >= 15 is 0 Å². The van der Waals surface area contributed by atoms with Crippen LogP contribution in [0.15, 0.2) is 24.3 Å². The third-order valence-corrected chi connectivity index (χ3v) is 3.69. The Morgan fingerprint density at radius 3 is 2.27 bits per heavy atom. The van der Waals surface area contributed by atoms with Gasteiger partial charge < -0.3 is 10.0 Å². The molecular formula is C16H19N3O3. The third-order valence-electron chi connectivity index (χ3n) is 3.69. The molecule has 0 fully saturated rings. The average molecular weight is 301 g/mol. The first-order valence-corrected chi connectivity index (χ1v) is 6.89. The quantitative estimate of drug-likeness (QED) is 0.937. The standard InChI is InChI=1S/C16H19N3O3/c1-10-14(11(2)19(4)17-10)15(20)18(3)9-12-5-7-13(8-6-12)16(21)22/h5-8H,9H2,1-4H3,(H,21,22). The number of hydrogen-bond donors (Lipinski definition) is 1. The molecule has 6 heteroatoms. The molecule has 0 aliphatic carbocycles. The second kappa shape index (κ2) is 6.01. The summed E-state index contributed by atoms with van der Waals surface area (Å²) in [5.74, 6) is -1.05. The van der Waals surface area contributed by atoms with Gasteiger partial charge in [-0.3, -0.25) is 9.48 Å². The molecule has 2 aromatic rings. The summed E-state index contributed by atoms with van der Waals surface area (Å²) >= 11 is 0. The molecular weight excluding hydrogens is 282 g/mol. The van der Waals surface area contributed by atoms with Gasteiger partial charge >= 0.3 is 5.97 Å². The first-order chi connectivity index (χ1) is 10.3. The maximum Gasteiger partial charge on any atom is 0.335 e. The van der Waals surface area contributed by atoms with Crippen LogP contribution in [0, 0.1) is 13.8 Å². The van der Waals surface area contributed by atoms with E-state index in [4.69, 9.17) is 5.11 Å². The number of rotatable bonds is 4. The number of nitrogens with zero attached hydrogens (tertiary/aromatic N) is 3. The fourth-order valence-electron chi connectivity index (χ4n) is 2.37. The molecule has 116 valence electrons. The highest BCUT2D eigenvalue weighted by molar-refractivity contribution is 5.96. The molecule has 0 aliphatic rings. The first-order valence-electron chi connectivity index (χ1n) is 6.89. The van der Waals surface area contributed by atoms with Crippen LogP contribution in [0.5, 0.6) is 0 Å². The second-order valence-corrected chi connectivity index (χ2v) is 5.33. The van der Waals surface area contributed by atoms with Crippen LogP contribution in [0.3, 0.4) is 0 Å². The first kappa shape index (κ1) is 15.8. The van der Waals surface area contributed by atoms with Crippen LogP contribution in [0.25, 0.3) is 0 Å². The number of carboxylic acids is 1. The molecule has 1 aromatic heterocycles. The molecule has 1 amide bonds. The summed E-state index contributed by atoms with van der Waals surface area (Å²) in [6.07, 6.45) is 0. The van der Waals surface area contributed by atoms with Crippen LogP contribution in [0.1, 0.15) is 37.7 Å². The third kappa shape index (κ3) is 3.00. The Hall–Kier alpha value is -2.63. The van der Waals surface area contributed by atoms with Gasteiger partial charge in [0.15, 0.2) is 0 Å². The maximum absolute atomic E-state index is 12.6. The number of carbonyl (C=O) groups excluding carboxylic acids is 1. The maximum atomic E-state index is 12.6. The van der Waals surface area contributed by atoms with E-state index in [9.17, 15) is 9.59 Å². The predicted octanol–water partition coefficient (Wildman–Crippen LogP) is 2.01. The average Bonchev–Trinajstić information content (AvgIpc) is 2.72. The van der Waals surface area contributed by atoms with Gasteiger partial charge in [-0.1, -0.05) is 12.1 Å². The number of aromatic nitrogens is 2. The zero-order chi connectivity index (χ0) is 16.4. The summed E-state index contributed by atoms with van der Waals surface area (Å²) in [6.45, 7) is 4.09. The molecule has 0 saturated carbocycles. The monoisotopic (exact) mass is 301 g/mol. The Labute approximate surface area is 129 Å². The van der Waals surface area contributed by atoms with Gasteiger partial charge in [0.05, 0.1) is 16.8 Å². The van der Waals surface area contributed by atoms with E-state index < -0.39 is 5.97 Å². The Bertz CT molecular complexity index is 717. The number of benzene rings is 1. The summed E-state index contributed by atoms with van der Waals surface area (Å²) in [6, 6.07) is 6.51. The molecule has 22 heavy (non-hydrogen) atoms. The van der Waals surface area contributed by atoms with E-state index in [0.29, 0.717) is 17.8 Å². The highest BCUT2D eigenvalue weighted by Crippen LogP contribution is 2.16. The Balaban J connectivity index is 2.16. The van der Waals surface area contributed by atoms with E-state index in [-0.39, 0.29) is 11.5 Å². The van der Waals surface area contributed by atoms with E-state index in [1.54, 1.807) is 28.8 Å². The number of carboxylic acid groups (broad SMARTS) is 1. The molecule has 1 heterocycles. The second-order valence-electron chi connectivity index (χ2n) is 5.33. The van der Waals surface area contributed by atoms with Gasteiger partial charge in [-0.2, -0.15) is 5.10 Å². The topological polar surface area (TPSA) is 75.4 Å². The Morgan fingerprint density at radius 2 is 1.82 bits per heavy atom. The van der Waals surface area contributed by atoms with Crippen LogP contribution in [0.4, 0.5) is 0 Å². The van der Waals surface area contributed by atoms with E-state index in [0.717, 1.165) is 11.3 Å². The van der Waals surface area contributed by atoms with Gasteiger partial charge in [-0.25, -0.2) is 4.79 Å². The van der Waals surface area contributed by atoms with Gasteiger partial charge in [0.1, 0.15) is 0 Å². The fraction of sp³-hybridized carbons (Fsp3) is 0.312. The minimum Gasteiger partial charge on any atom is -0.478 e. The van der Waals surface area contributed by atoms with Crippen LogP contribution in [-0.4, -0.2) is 38.7 Å². The van der Waals surface area contributed by atoms with E-state index in [2.05, 4.69) is 5.10 Å². The van der Waals surface area contributed by atoms with Crippen molar-refractivity contribution >= 4 is 11.9 Å². The summed E-state index contributed by atoms with van der Waals surface area (Å²) in [5.41, 5.74) is 3.26.